The molecule has 0 saturated carbocycles. The minimum absolute atomic E-state index is 0.131. The Morgan fingerprint density at radius 3 is 2.74 bits per heavy atom. The van der Waals surface area contributed by atoms with Gasteiger partial charge in [0, 0.05) is 19.6 Å². The van der Waals surface area contributed by atoms with Crippen LogP contribution in [-0.2, 0) is 9.59 Å². The molecule has 2 aliphatic rings. The summed E-state index contributed by atoms with van der Waals surface area (Å²) < 4.78 is 13.9. The third kappa shape index (κ3) is 3.08. The third-order valence-corrected chi connectivity index (χ3v) is 4.80. The first kappa shape index (κ1) is 15.9. The minimum atomic E-state index is -0.807. The topological polar surface area (TPSA) is 60.9 Å². The first-order valence-electron chi connectivity index (χ1n) is 8.00. The van der Waals surface area contributed by atoms with Crippen molar-refractivity contribution in [2.75, 3.05) is 24.5 Å². The molecule has 1 aromatic rings. The smallest absolute Gasteiger partial charge is 0.307 e. The Labute approximate surface area is 134 Å². The Morgan fingerprint density at radius 2 is 2.04 bits per heavy atom. The lowest BCUT2D eigenvalue weighted by Gasteiger charge is -2.37. The molecule has 2 aliphatic heterocycles. The molecule has 1 N–H and O–H groups in total. The summed E-state index contributed by atoms with van der Waals surface area (Å²) in [4.78, 5) is 27.5. The number of amides is 1. The van der Waals surface area contributed by atoms with E-state index in [0.29, 0.717) is 38.2 Å². The van der Waals surface area contributed by atoms with Crippen LogP contribution >= 0.6 is 0 Å². The van der Waals surface area contributed by atoms with E-state index in [1.165, 1.54) is 11.0 Å². The molecule has 23 heavy (non-hydrogen) atoms. The Kier molecular flexibility index (Phi) is 4.35. The molecule has 1 aromatic carbocycles. The van der Waals surface area contributed by atoms with Crippen LogP contribution in [0.25, 0.3) is 0 Å². The summed E-state index contributed by atoms with van der Waals surface area (Å²) in [5.41, 5.74) is 0.305. The van der Waals surface area contributed by atoms with E-state index >= 15 is 0 Å². The number of halogens is 1. The van der Waals surface area contributed by atoms with Gasteiger partial charge in [-0.3, -0.25) is 14.5 Å². The highest BCUT2D eigenvalue weighted by molar-refractivity contribution is 5.99. The van der Waals surface area contributed by atoms with E-state index in [4.69, 9.17) is 0 Å². The monoisotopic (exact) mass is 320 g/mol. The van der Waals surface area contributed by atoms with Crippen molar-refractivity contribution in [3.63, 3.8) is 0 Å². The molecule has 2 heterocycles. The number of para-hydroxylation sites is 1. The summed E-state index contributed by atoms with van der Waals surface area (Å²) in [5, 5.41) is 9.28. The quantitative estimate of drug-likeness (QED) is 0.925. The molecule has 0 bridgehead atoms. The van der Waals surface area contributed by atoms with Crippen LogP contribution in [0.4, 0.5) is 10.1 Å². The van der Waals surface area contributed by atoms with Crippen molar-refractivity contribution in [1.82, 2.24) is 4.90 Å². The molecular weight excluding hydrogens is 299 g/mol. The van der Waals surface area contributed by atoms with Crippen molar-refractivity contribution >= 4 is 17.6 Å². The number of rotatable bonds is 3. The summed E-state index contributed by atoms with van der Waals surface area (Å²) in [5.74, 6) is -1.54. The second kappa shape index (κ2) is 6.28. The number of anilines is 1. The second-order valence-electron chi connectivity index (χ2n) is 6.58. The van der Waals surface area contributed by atoms with Crippen molar-refractivity contribution in [3.8, 4) is 0 Å². The predicted octanol–water partition coefficient (Wildman–Crippen LogP) is 1.97. The van der Waals surface area contributed by atoms with Crippen LogP contribution < -0.4 is 4.90 Å². The van der Waals surface area contributed by atoms with Gasteiger partial charge in [0.25, 0.3) is 0 Å². The molecule has 0 radical (unpaired) electrons. The SMILES string of the molecule is CC1CC(C(=O)O)CN(C2CCN(c3ccccc3F)C2=O)C1. The molecule has 6 heteroatoms. The largest absolute Gasteiger partial charge is 0.481 e. The van der Waals surface area contributed by atoms with Crippen LogP contribution in [0.2, 0.25) is 0 Å². The fraction of sp³-hybridized carbons (Fsp3) is 0.529. The number of carbonyl (C=O) groups is 2. The van der Waals surface area contributed by atoms with Gasteiger partial charge >= 0.3 is 5.97 Å². The summed E-state index contributed by atoms with van der Waals surface area (Å²) >= 11 is 0. The highest BCUT2D eigenvalue weighted by Gasteiger charge is 2.41. The van der Waals surface area contributed by atoms with Crippen molar-refractivity contribution in [3.05, 3.63) is 30.1 Å². The van der Waals surface area contributed by atoms with Gasteiger partial charge in [0.05, 0.1) is 17.6 Å². The van der Waals surface area contributed by atoms with Crippen LogP contribution in [0.5, 0.6) is 0 Å². The van der Waals surface area contributed by atoms with E-state index in [2.05, 4.69) is 0 Å². The Hall–Kier alpha value is -1.95. The van der Waals surface area contributed by atoms with Gasteiger partial charge in [0.15, 0.2) is 0 Å². The second-order valence-corrected chi connectivity index (χ2v) is 6.58. The highest BCUT2D eigenvalue weighted by atomic mass is 19.1. The Balaban J connectivity index is 1.76. The molecule has 3 rings (SSSR count). The van der Waals surface area contributed by atoms with Gasteiger partial charge in [-0.15, -0.1) is 0 Å². The maximum absolute atomic E-state index is 13.9. The maximum atomic E-state index is 13.9. The lowest BCUT2D eigenvalue weighted by atomic mass is 9.89. The fourth-order valence-corrected chi connectivity index (χ4v) is 3.74. The molecular formula is C17H21FN2O3. The molecule has 3 unspecified atom stereocenters. The number of hydrogen-bond donors (Lipinski definition) is 1. The molecule has 0 aliphatic carbocycles. The lowest BCUT2D eigenvalue weighted by Crippen LogP contribution is -2.50. The van der Waals surface area contributed by atoms with Gasteiger partial charge in [-0.05, 0) is 30.9 Å². The number of carboxylic acid groups (broad SMARTS) is 1. The van der Waals surface area contributed by atoms with Crippen molar-refractivity contribution in [2.24, 2.45) is 11.8 Å². The van der Waals surface area contributed by atoms with Gasteiger partial charge in [-0.25, -0.2) is 4.39 Å². The molecule has 2 fully saturated rings. The fourth-order valence-electron chi connectivity index (χ4n) is 3.74. The highest BCUT2D eigenvalue weighted by Crippen LogP contribution is 2.30. The summed E-state index contributed by atoms with van der Waals surface area (Å²) in [7, 11) is 0. The normalized spacial score (nSPS) is 29.0. The number of hydrogen-bond acceptors (Lipinski definition) is 3. The van der Waals surface area contributed by atoms with Gasteiger partial charge in [0.1, 0.15) is 5.82 Å². The van der Waals surface area contributed by atoms with E-state index in [9.17, 15) is 19.1 Å². The molecule has 124 valence electrons. The Bertz CT molecular complexity index is 622. The average Bonchev–Trinajstić information content (AvgIpc) is 2.88. The van der Waals surface area contributed by atoms with Crippen LogP contribution in [0.1, 0.15) is 19.8 Å². The molecule has 5 nitrogen and oxygen atoms in total. The Morgan fingerprint density at radius 1 is 1.30 bits per heavy atom. The zero-order valence-corrected chi connectivity index (χ0v) is 13.1. The summed E-state index contributed by atoms with van der Waals surface area (Å²) in [6, 6.07) is 5.91. The minimum Gasteiger partial charge on any atom is -0.481 e. The van der Waals surface area contributed by atoms with Crippen LogP contribution in [0.3, 0.4) is 0 Å². The van der Waals surface area contributed by atoms with E-state index in [1.807, 2.05) is 11.8 Å². The van der Waals surface area contributed by atoms with Gasteiger partial charge in [-0.2, -0.15) is 0 Å². The number of carbonyl (C=O) groups excluding carboxylic acids is 1. The first-order valence-corrected chi connectivity index (χ1v) is 8.00. The first-order chi connectivity index (χ1) is 11.0. The number of likely N-dealkylation sites (tertiary alicyclic amines) is 1. The van der Waals surface area contributed by atoms with E-state index in [-0.39, 0.29) is 17.9 Å². The maximum Gasteiger partial charge on any atom is 0.307 e. The van der Waals surface area contributed by atoms with E-state index < -0.39 is 17.7 Å². The average molecular weight is 320 g/mol. The number of piperidine rings is 1. The lowest BCUT2D eigenvalue weighted by molar-refractivity contribution is -0.145. The molecule has 3 atom stereocenters. The molecule has 1 amide bonds. The van der Waals surface area contributed by atoms with Gasteiger partial charge in [-0.1, -0.05) is 19.1 Å². The predicted molar refractivity (Wildman–Crippen MR) is 83.6 cm³/mol. The summed E-state index contributed by atoms with van der Waals surface area (Å²) in [6.07, 6.45) is 1.25. The van der Waals surface area contributed by atoms with Crippen molar-refractivity contribution in [1.29, 1.82) is 0 Å². The number of nitrogens with zero attached hydrogens (tertiary/aromatic N) is 2. The van der Waals surface area contributed by atoms with E-state index in [1.54, 1.807) is 18.2 Å². The zero-order valence-electron chi connectivity index (χ0n) is 13.1. The third-order valence-electron chi connectivity index (χ3n) is 4.80. The number of aliphatic carboxylic acids is 1. The van der Waals surface area contributed by atoms with Crippen LogP contribution in [0, 0.1) is 17.7 Å². The van der Waals surface area contributed by atoms with Gasteiger partial charge < -0.3 is 10.0 Å². The van der Waals surface area contributed by atoms with E-state index in [0.717, 1.165) is 0 Å². The van der Waals surface area contributed by atoms with Crippen molar-refractivity contribution in [2.45, 2.75) is 25.8 Å². The summed E-state index contributed by atoms with van der Waals surface area (Å²) in [6.45, 7) is 3.58. The number of carboxylic acids is 1. The van der Waals surface area contributed by atoms with Crippen LogP contribution in [-0.4, -0.2) is 47.6 Å². The van der Waals surface area contributed by atoms with Gasteiger partial charge in [0.2, 0.25) is 5.91 Å². The zero-order chi connectivity index (χ0) is 16.6. The molecule has 2 saturated heterocycles. The molecule has 0 spiro atoms. The standard InChI is InChI=1S/C17H21FN2O3/c1-11-8-12(17(22)23)10-19(9-11)15-6-7-20(16(15)21)14-5-3-2-4-13(14)18/h2-5,11-12,15H,6-10H2,1H3,(H,22,23). The van der Waals surface area contributed by atoms with Crippen molar-refractivity contribution < 1.29 is 19.1 Å². The van der Waals surface area contributed by atoms with Crippen LogP contribution in [0.15, 0.2) is 24.3 Å². The number of benzene rings is 1. The molecule has 0 aromatic heterocycles.